The summed E-state index contributed by atoms with van der Waals surface area (Å²) in [5.74, 6) is 0.146. The van der Waals surface area contributed by atoms with E-state index in [0.29, 0.717) is 6.42 Å². The van der Waals surface area contributed by atoms with Crippen LogP contribution < -0.4 is 5.73 Å². The topological polar surface area (TPSA) is 62.8 Å². The van der Waals surface area contributed by atoms with E-state index < -0.39 is 0 Å². The normalized spacial score (nSPS) is 9.60. The number of hydrogen-bond donors (Lipinski definition) is 2. The van der Waals surface area contributed by atoms with Gasteiger partial charge in [-0.25, -0.2) is 0 Å². The Labute approximate surface area is 94.2 Å². The maximum absolute atomic E-state index is 7.18. The summed E-state index contributed by atoms with van der Waals surface area (Å²) in [6.45, 7) is 0. The van der Waals surface area contributed by atoms with Crippen molar-refractivity contribution in [3.63, 3.8) is 0 Å². The van der Waals surface area contributed by atoms with E-state index in [1.54, 1.807) is 0 Å². The average molecular weight is 222 g/mol. The lowest BCUT2D eigenvalue weighted by molar-refractivity contribution is 1.15. The molecule has 0 aliphatic heterocycles. The van der Waals surface area contributed by atoms with Gasteiger partial charge in [0.25, 0.3) is 0 Å². The van der Waals surface area contributed by atoms with E-state index in [1.807, 2.05) is 36.4 Å². The van der Waals surface area contributed by atoms with Crippen LogP contribution in [0, 0.1) is 5.41 Å². The van der Waals surface area contributed by atoms with Crippen molar-refractivity contribution in [2.75, 3.05) is 0 Å². The lowest BCUT2D eigenvalue weighted by Crippen LogP contribution is -2.13. The van der Waals surface area contributed by atoms with Crippen LogP contribution in [0.1, 0.15) is 5.69 Å². The van der Waals surface area contributed by atoms with Crippen molar-refractivity contribution >= 4 is 29.1 Å². The summed E-state index contributed by atoms with van der Waals surface area (Å²) in [6, 6.07) is 11.8. The molecule has 15 heavy (non-hydrogen) atoms. The molecule has 2 aromatic rings. The van der Waals surface area contributed by atoms with Crippen LogP contribution in [0.5, 0.6) is 0 Å². The molecular formula is C11H12ClN3. The molecule has 4 heteroatoms. The van der Waals surface area contributed by atoms with Crippen molar-refractivity contribution in [3.8, 4) is 0 Å². The number of pyridine rings is 1. The van der Waals surface area contributed by atoms with Crippen LogP contribution in [0.15, 0.2) is 36.4 Å². The predicted octanol–water partition coefficient (Wildman–Crippen LogP) is 2.14. The lowest BCUT2D eigenvalue weighted by atomic mass is 10.2. The van der Waals surface area contributed by atoms with Gasteiger partial charge in [-0.3, -0.25) is 10.4 Å². The van der Waals surface area contributed by atoms with Gasteiger partial charge in [-0.1, -0.05) is 24.3 Å². The molecule has 0 unspecified atom stereocenters. The minimum atomic E-state index is 0. The largest absolute Gasteiger partial charge is 0.387 e. The maximum Gasteiger partial charge on any atom is 0.0966 e. The summed E-state index contributed by atoms with van der Waals surface area (Å²) >= 11 is 0. The van der Waals surface area contributed by atoms with E-state index in [0.717, 1.165) is 16.6 Å². The standard InChI is InChI=1S/C11H11N3.ClH/c12-11(13)7-9-6-5-8-3-1-2-4-10(8)14-9;/h1-6H,7H2,(H3,12,13);1H. The number of nitrogens with two attached hydrogens (primary N) is 1. The number of fused-ring (bicyclic) bond motifs is 1. The summed E-state index contributed by atoms with van der Waals surface area (Å²) in [5, 5.41) is 8.29. The Morgan fingerprint density at radius 2 is 1.93 bits per heavy atom. The molecule has 2 rings (SSSR count). The number of benzene rings is 1. The number of nitrogens with one attached hydrogen (secondary N) is 1. The second kappa shape index (κ2) is 4.75. The molecule has 0 bridgehead atoms. The van der Waals surface area contributed by atoms with Gasteiger partial charge in [0.15, 0.2) is 0 Å². The van der Waals surface area contributed by atoms with Crippen molar-refractivity contribution in [2.24, 2.45) is 5.73 Å². The van der Waals surface area contributed by atoms with E-state index in [9.17, 15) is 0 Å². The second-order valence-electron chi connectivity index (χ2n) is 3.20. The van der Waals surface area contributed by atoms with Crippen molar-refractivity contribution in [2.45, 2.75) is 6.42 Å². The van der Waals surface area contributed by atoms with E-state index in [4.69, 9.17) is 11.1 Å². The molecule has 3 N–H and O–H groups in total. The minimum absolute atomic E-state index is 0. The number of hydrogen-bond acceptors (Lipinski definition) is 2. The Morgan fingerprint density at radius 1 is 1.20 bits per heavy atom. The molecule has 0 saturated heterocycles. The molecule has 1 aromatic heterocycles. The first-order valence-electron chi connectivity index (χ1n) is 4.43. The zero-order valence-corrected chi connectivity index (χ0v) is 8.92. The fourth-order valence-corrected chi connectivity index (χ4v) is 1.40. The third-order valence-corrected chi connectivity index (χ3v) is 2.03. The number of aromatic nitrogens is 1. The van der Waals surface area contributed by atoms with Gasteiger partial charge in [0.1, 0.15) is 0 Å². The Morgan fingerprint density at radius 3 is 2.67 bits per heavy atom. The molecule has 0 spiro atoms. The van der Waals surface area contributed by atoms with E-state index >= 15 is 0 Å². The number of nitrogens with zero attached hydrogens (tertiary/aromatic N) is 1. The first kappa shape index (κ1) is 11.5. The lowest BCUT2D eigenvalue weighted by Gasteiger charge is -2.01. The Balaban J connectivity index is 0.00000112. The highest BCUT2D eigenvalue weighted by Gasteiger charge is 1.98. The van der Waals surface area contributed by atoms with E-state index in [2.05, 4.69) is 4.98 Å². The summed E-state index contributed by atoms with van der Waals surface area (Å²) in [6.07, 6.45) is 0.421. The number of amidine groups is 1. The van der Waals surface area contributed by atoms with Crippen LogP contribution >= 0.6 is 12.4 Å². The van der Waals surface area contributed by atoms with Gasteiger partial charge in [-0.05, 0) is 12.1 Å². The average Bonchev–Trinajstić information content (AvgIpc) is 2.17. The Hall–Kier alpha value is -1.61. The molecule has 0 saturated carbocycles. The SMILES string of the molecule is Cl.N=C(N)Cc1ccc2ccccc2n1. The first-order valence-corrected chi connectivity index (χ1v) is 4.43. The highest BCUT2D eigenvalue weighted by Crippen LogP contribution is 2.11. The van der Waals surface area contributed by atoms with Gasteiger partial charge in [0.2, 0.25) is 0 Å². The predicted molar refractivity (Wildman–Crippen MR) is 64.6 cm³/mol. The van der Waals surface area contributed by atoms with Crippen LogP contribution in [0.4, 0.5) is 0 Å². The molecular weight excluding hydrogens is 210 g/mol. The second-order valence-corrected chi connectivity index (χ2v) is 3.20. The molecule has 0 aliphatic carbocycles. The molecule has 3 nitrogen and oxygen atoms in total. The van der Waals surface area contributed by atoms with Gasteiger partial charge in [-0.15, -0.1) is 12.4 Å². The molecule has 0 radical (unpaired) electrons. The van der Waals surface area contributed by atoms with Crippen LogP contribution in [0.3, 0.4) is 0 Å². The monoisotopic (exact) mass is 221 g/mol. The highest BCUT2D eigenvalue weighted by molar-refractivity contribution is 5.85. The van der Waals surface area contributed by atoms with Gasteiger partial charge < -0.3 is 5.73 Å². The van der Waals surface area contributed by atoms with Crippen molar-refractivity contribution in [3.05, 3.63) is 42.1 Å². The molecule has 1 aromatic carbocycles. The van der Waals surface area contributed by atoms with Crippen LogP contribution in [-0.2, 0) is 6.42 Å². The highest BCUT2D eigenvalue weighted by atomic mass is 35.5. The van der Waals surface area contributed by atoms with Crippen molar-refractivity contribution in [1.29, 1.82) is 5.41 Å². The molecule has 1 heterocycles. The molecule has 0 aliphatic rings. The van der Waals surface area contributed by atoms with Gasteiger partial charge in [0.05, 0.1) is 11.4 Å². The van der Waals surface area contributed by atoms with Crippen molar-refractivity contribution in [1.82, 2.24) is 4.98 Å². The molecule has 0 amide bonds. The first-order chi connectivity index (χ1) is 6.75. The van der Waals surface area contributed by atoms with Gasteiger partial charge in [0, 0.05) is 17.5 Å². The van der Waals surface area contributed by atoms with E-state index in [1.165, 1.54) is 0 Å². The number of rotatable bonds is 2. The van der Waals surface area contributed by atoms with Crippen LogP contribution in [0.25, 0.3) is 10.9 Å². The van der Waals surface area contributed by atoms with Crippen molar-refractivity contribution < 1.29 is 0 Å². The third-order valence-electron chi connectivity index (χ3n) is 2.03. The quantitative estimate of drug-likeness (QED) is 0.603. The fraction of sp³-hybridized carbons (Fsp3) is 0.0909. The Bertz CT molecular complexity index is 482. The maximum atomic E-state index is 7.18. The van der Waals surface area contributed by atoms with Crippen LogP contribution in [-0.4, -0.2) is 10.8 Å². The minimum Gasteiger partial charge on any atom is -0.387 e. The smallest absolute Gasteiger partial charge is 0.0966 e. The Kier molecular flexibility index (Phi) is 3.63. The zero-order valence-electron chi connectivity index (χ0n) is 8.10. The summed E-state index contributed by atoms with van der Waals surface area (Å²) in [7, 11) is 0. The van der Waals surface area contributed by atoms with Gasteiger partial charge in [-0.2, -0.15) is 0 Å². The van der Waals surface area contributed by atoms with E-state index in [-0.39, 0.29) is 18.2 Å². The number of halogens is 1. The van der Waals surface area contributed by atoms with Gasteiger partial charge >= 0.3 is 0 Å². The summed E-state index contributed by atoms with van der Waals surface area (Å²) in [4.78, 5) is 4.39. The molecule has 0 fully saturated rings. The zero-order chi connectivity index (χ0) is 9.97. The fourth-order valence-electron chi connectivity index (χ4n) is 1.40. The summed E-state index contributed by atoms with van der Waals surface area (Å²) in [5.41, 5.74) is 7.11. The van der Waals surface area contributed by atoms with Crippen LogP contribution in [0.2, 0.25) is 0 Å². The third kappa shape index (κ3) is 2.67. The molecule has 78 valence electrons. The summed E-state index contributed by atoms with van der Waals surface area (Å²) < 4.78 is 0. The number of para-hydroxylation sites is 1. The molecule has 0 atom stereocenters.